The Morgan fingerprint density at radius 3 is 2.56 bits per heavy atom. The average Bonchev–Trinajstić information content (AvgIpc) is 3.12. The Bertz CT molecular complexity index is 751. The molecule has 1 N–H and O–H groups in total. The highest BCUT2D eigenvalue weighted by atomic mass is 16.6. The number of rotatable bonds is 2. The molecule has 0 spiro atoms. The summed E-state index contributed by atoms with van der Waals surface area (Å²) in [6, 6.07) is 16.1. The molecule has 0 bridgehead atoms. The van der Waals surface area contributed by atoms with Crippen LogP contribution in [0.25, 0.3) is 0 Å². The van der Waals surface area contributed by atoms with Crippen molar-refractivity contribution in [3.63, 3.8) is 0 Å². The van der Waals surface area contributed by atoms with Gasteiger partial charge in [-0.3, -0.25) is 4.90 Å². The molecule has 25 heavy (non-hydrogen) atoms. The summed E-state index contributed by atoms with van der Waals surface area (Å²) >= 11 is 0. The van der Waals surface area contributed by atoms with Crippen LogP contribution < -0.4 is 14.8 Å². The number of para-hydroxylation sites is 1. The van der Waals surface area contributed by atoms with E-state index >= 15 is 0 Å². The molecular weight excluding hydrogens is 312 g/mol. The van der Waals surface area contributed by atoms with Crippen molar-refractivity contribution in [1.82, 2.24) is 10.2 Å². The first kappa shape index (κ1) is 15.2. The van der Waals surface area contributed by atoms with Gasteiger partial charge in [0.05, 0.1) is 6.04 Å². The minimum absolute atomic E-state index is 0.338. The Hall–Kier alpha value is -2.04. The van der Waals surface area contributed by atoms with Crippen molar-refractivity contribution in [2.45, 2.75) is 24.9 Å². The minimum atomic E-state index is 0.338. The summed E-state index contributed by atoms with van der Waals surface area (Å²) in [5, 5.41) is 3.58. The van der Waals surface area contributed by atoms with E-state index in [0.29, 0.717) is 25.3 Å². The Morgan fingerprint density at radius 2 is 1.72 bits per heavy atom. The highest BCUT2D eigenvalue weighted by Gasteiger charge is 2.35. The zero-order chi connectivity index (χ0) is 16.6. The molecule has 5 rings (SSSR count). The molecule has 0 saturated carbocycles. The van der Waals surface area contributed by atoms with Gasteiger partial charge in [-0.1, -0.05) is 36.4 Å². The Balaban J connectivity index is 1.46. The third kappa shape index (κ3) is 2.70. The van der Waals surface area contributed by atoms with Crippen LogP contribution >= 0.6 is 0 Å². The summed E-state index contributed by atoms with van der Waals surface area (Å²) in [7, 11) is 0. The lowest BCUT2D eigenvalue weighted by atomic mass is 9.98. The molecule has 4 heteroatoms. The predicted molar refractivity (Wildman–Crippen MR) is 97.4 cm³/mol. The Labute approximate surface area is 148 Å². The van der Waals surface area contributed by atoms with E-state index in [0.717, 1.165) is 44.0 Å². The molecule has 1 saturated heterocycles. The van der Waals surface area contributed by atoms with Gasteiger partial charge >= 0.3 is 0 Å². The molecule has 3 aliphatic rings. The van der Waals surface area contributed by atoms with Crippen LogP contribution in [0, 0.1) is 0 Å². The quantitative estimate of drug-likeness (QED) is 0.914. The first-order valence-electron chi connectivity index (χ1n) is 9.32. The van der Waals surface area contributed by atoms with Crippen LogP contribution in [0.2, 0.25) is 0 Å². The van der Waals surface area contributed by atoms with Gasteiger partial charge < -0.3 is 14.8 Å². The standard InChI is InChI=1S/C21H24N2O2/c1-2-5-16-13-17(12-15(16)4-1)23-9-8-22-14-19(23)18-6-3-7-20-21(18)25-11-10-24-20/h1-7,17,19,22H,8-14H2. The molecule has 1 aliphatic carbocycles. The lowest BCUT2D eigenvalue weighted by molar-refractivity contribution is 0.103. The number of hydrogen-bond acceptors (Lipinski definition) is 4. The van der Waals surface area contributed by atoms with Gasteiger partial charge in [0.1, 0.15) is 13.2 Å². The van der Waals surface area contributed by atoms with Gasteiger partial charge in [-0.05, 0) is 30.0 Å². The lowest BCUT2D eigenvalue weighted by Gasteiger charge is -2.41. The van der Waals surface area contributed by atoms with Crippen LogP contribution in [-0.2, 0) is 12.8 Å². The molecule has 2 heterocycles. The van der Waals surface area contributed by atoms with Crippen molar-refractivity contribution in [1.29, 1.82) is 0 Å². The third-order valence-electron chi connectivity index (χ3n) is 5.74. The van der Waals surface area contributed by atoms with Gasteiger partial charge in [0.25, 0.3) is 0 Å². The molecule has 2 aromatic carbocycles. The fourth-order valence-corrected chi connectivity index (χ4v) is 4.57. The smallest absolute Gasteiger partial charge is 0.166 e. The molecule has 0 amide bonds. The molecule has 0 aromatic heterocycles. The lowest BCUT2D eigenvalue weighted by Crippen LogP contribution is -2.51. The molecule has 1 fully saturated rings. The van der Waals surface area contributed by atoms with E-state index in [1.54, 1.807) is 0 Å². The zero-order valence-electron chi connectivity index (χ0n) is 14.4. The normalized spacial score (nSPS) is 23.4. The Morgan fingerprint density at radius 1 is 0.920 bits per heavy atom. The van der Waals surface area contributed by atoms with Gasteiger partial charge in [0.2, 0.25) is 0 Å². The Kier molecular flexibility index (Phi) is 3.87. The van der Waals surface area contributed by atoms with E-state index in [9.17, 15) is 0 Å². The largest absolute Gasteiger partial charge is 0.486 e. The highest BCUT2D eigenvalue weighted by molar-refractivity contribution is 5.49. The summed E-state index contributed by atoms with van der Waals surface area (Å²) in [6.45, 7) is 4.37. The topological polar surface area (TPSA) is 33.7 Å². The molecule has 2 aromatic rings. The third-order valence-corrected chi connectivity index (χ3v) is 5.74. The number of ether oxygens (including phenoxy) is 2. The van der Waals surface area contributed by atoms with Crippen LogP contribution in [0.1, 0.15) is 22.7 Å². The van der Waals surface area contributed by atoms with E-state index in [4.69, 9.17) is 9.47 Å². The number of benzene rings is 2. The maximum absolute atomic E-state index is 6.00. The fourth-order valence-electron chi connectivity index (χ4n) is 4.57. The maximum Gasteiger partial charge on any atom is 0.166 e. The second kappa shape index (κ2) is 6.36. The van der Waals surface area contributed by atoms with Crippen LogP contribution in [0.4, 0.5) is 0 Å². The minimum Gasteiger partial charge on any atom is -0.486 e. The van der Waals surface area contributed by atoms with Crippen LogP contribution in [0.3, 0.4) is 0 Å². The highest BCUT2D eigenvalue weighted by Crippen LogP contribution is 2.41. The molecule has 2 aliphatic heterocycles. The summed E-state index contributed by atoms with van der Waals surface area (Å²) < 4.78 is 11.8. The second-order valence-electron chi connectivity index (χ2n) is 7.16. The van der Waals surface area contributed by atoms with E-state index in [1.807, 2.05) is 6.07 Å². The van der Waals surface area contributed by atoms with Crippen LogP contribution in [-0.4, -0.2) is 43.8 Å². The molecule has 4 nitrogen and oxygen atoms in total. The van der Waals surface area contributed by atoms with Crippen molar-refractivity contribution in [3.8, 4) is 11.5 Å². The zero-order valence-corrected chi connectivity index (χ0v) is 14.4. The van der Waals surface area contributed by atoms with E-state index in [1.165, 1.54) is 16.7 Å². The van der Waals surface area contributed by atoms with Crippen molar-refractivity contribution in [3.05, 3.63) is 59.2 Å². The average molecular weight is 336 g/mol. The summed E-state index contributed by atoms with van der Waals surface area (Å²) in [5.41, 5.74) is 4.29. The monoisotopic (exact) mass is 336 g/mol. The number of fused-ring (bicyclic) bond motifs is 2. The first-order chi connectivity index (χ1) is 12.4. The van der Waals surface area contributed by atoms with Gasteiger partial charge in [-0.25, -0.2) is 0 Å². The summed E-state index contributed by atoms with van der Waals surface area (Å²) in [6.07, 6.45) is 2.30. The molecule has 0 radical (unpaired) electrons. The number of nitrogens with zero attached hydrogens (tertiary/aromatic N) is 1. The number of nitrogens with one attached hydrogen (secondary N) is 1. The van der Waals surface area contributed by atoms with Crippen LogP contribution in [0.5, 0.6) is 11.5 Å². The van der Waals surface area contributed by atoms with E-state index < -0.39 is 0 Å². The van der Waals surface area contributed by atoms with Crippen molar-refractivity contribution < 1.29 is 9.47 Å². The summed E-state index contributed by atoms with van der Waals surface area (Å²) in [5.74, 6) is 1.84. The van der Waals surface area contributed by atoms with E-state index in [-0.39, 0.29) is 0 Å². The van der Waals surface area contributed by atoms with Gasteiger partial charge in [0, 0.05) is 31.2 Å². The molecule has 1 unspecified atom stereocenters. The molecule has 1 atom stereocenters. The second-order valence-corrected chi connectivity index (χ2v) is 7.16. The van der Waals surface area contributed by atoms with Gasteiger partial charge in [0.15, 0.2) is 11.5 Å². The van der Waals surface area contributed by atoms with Gasteiger partial charge in [-0.15, -0.1) is 0 Å². The first-order valence-corrected chi connectivity index (χ1v) is 9.32. The summed E-state index contributed by atoms with van der Waals surface area (Å²) in [4.78, 5) is 2.68. The number of hydrogen-bond donors (Lipinski definition) is 1. The maximum atomic E-state index is 6.00. The van der Waals surface area contributed by atoms with Crippen molar-refractivity contribution in [2.24, 2.45) is 0 Å². The van der Waals surface area contributed by atoms with Crippen molar-refractivity contribution in [2.75, 3.05) is 32.8 Å². The molecular formula is C21H24N2O2. The predicted octanol–water partition coefficient (Wildman–Crippen LogP) is 2.57. The van der Waals surface area contributed by atoms with Gasteiger partial charge in [-0.2, -0.15) is 0 Å². The van der Waals surface area contributed by atoms with Crippen molar-refractivity contribution >= 4 is 0 Å². The SMILES string of the molecule is c1ccc2c(c1)CC(N1CCNCC1c1cccc3c1OCCO3)C2. The number of piperazine rings is 1. The molecule has 130 valence electrons. The van der Waals surface area contributed by atoms with E-state index in [2.05, 4.69) is 46.6 Å². The fraction of sp³-hybridized carbons (Fsp3) is 0.429. The van der Waals surface area contributed by atoms with Crippen LogP contribution in [0.15, 0.2) is 42.5 Å².